The maximum atomic E-state index is 11.9. The van der Waals surface area contributed by atoms with Gasteiger partial charge >= 0.3 is 0 Å². The molecule has 92 valence electrons. The summed E-state index contributed by atoms with van der Waals surface area (Å²) in [5, 5.41) is 6.31. The van der Waals surface area contributed by atoms with Crippen LogP contribution < -0.4 is 5.32 Å². The van der Waals surface area contributed by atoms with E-state index in [1.165, 1.54) is 6.39 Å². The SMILES string of the molecule is CC1NC(=O)CCN(CCc2ncon2)C1=O. The van der Waals surface area contributed by atoms with Gasteiger partial charge in [-0.15, -0.1) is 0 Å². The van der Waals surface area contributed by atoms with Gasteiger partial charge in [0.25, 0.3) is 0 Å². The molecular weight excluding hydrogens is 224 g/mol. The van der Waals surface area contributed by atoms with E-state index in [0.717, 1.165) is 0 Å². The summed E-state index contributed by atoms with van der Waals surface area (Å²) in [6, 6.07) is -0.463. The van der Waals surface area contributed by atoms with Crippen LogP contribution in [0.1, 0.15) is 19.2 Å². The molecule has 0 radical (unpaired) electrons. The summed E-state index contributed by atoms with van der Waals surface area (Å²) >= 11 is 0. The third-order valence-corrected chi connectivity index (χ3v) is 2.68. The molecule has 1 aromatic heterocycles. The predicted octanol–water partition coefficient (Wildman–Crippen LogP) is -0.651. The molecule has 0 aromatic carbocycles. The molecule has 7 nitrogen and oxygen atoms in total. The third-order valence-electron chi connectivity index (χ3n) is 2.68. The van der Waals surface area contributed by atoms with E-state index in [1.54, 1.807) is 11.8 Å². The van der Waals surface area contributed by atoms with Gasteiger partial charge < -0.3 is 14.7 Å². The Balaban J connectivity index is 1.94. The zero-order valence-electron chi connectivity index (χ0n) is 9.55. The smallest absolute Gasteiger partial charge is 0.244 e. The number of hydrogen-bond donors (Lipinski definition) is 1. The molecule has 7 heteroatoms. The molecule has 17 heavy (non-hydrogen) atoms. The van der Waals surface area contributed by atoms with Gasteiger partial charge in [-0.1, -0.05) is 5.16 Å². The van der Waals surface area contributed by atoms with E-state index < -0.39 is 6.04 Å². The molecule has 2 amide bonds. The number of hydrogen-bond acceptors (Lipinski definition) is 5. The maximum absolute atomic E-state index is 11.9. The molecule has 0 bridgehead atoms. The summed E-state index contributed by atoms with van der Waals surface area (Å²) in [6.45, 7) is 2.62. The predicted molar refractivity (Wildman–Crippen MR) is 56.8 cm³/mol. The highest BCUT2D eigenvalue weighted by Crippen LogP contribution is 2.04. The normalized spacial score (nSPS) is 21.2. The monoisotopic (exact) mass is 238 g/mol. The van der Waals surface area contributed by atoms with Crippen LogP contribution in [0.5, 0.6) is 0 Å². The lowest BCUT2D eigenvalue weighted by molar-refractivity contribution is -0.133. The van der Waals surface area contributed by atoms with Gasteiger partial charge in [0.2, 0.25) is 18.2 Å². The van der Waals surface area contributed by atoms with E-state index >= 15 is 0 Å². The van der Waals surface area contributed by atoms with Crippen molar-refractivity contribution in [3.63, 3.8) is 0 Å². The zero-order valence-corrected chi connectivity index (χ0v) is 9.55. The van der Waals surface area contributed by atoms with E-state index in [4.69, 9.17) is 0 Å². The Morgan fingerprint density at radius 1 is 1.59 bits per heavy atom. The molecule has 1 aliphatic rings. The van der Waals surface area contributed by atoms with Crippen molar-refractivity contribution in [3.8, 4) is 0 Å². The standard InChI is InChI=1S/C10H14N4O3/c1-7-10(16)14(5-3-9(15)12-7)4-2-8-11-6-17-13-8/h6-7H,2-5H2,1H3,(H,12,15). The van der Waals surface area contributed by atoms with Crippen LogP contribution in [0.25, 0.3) is 0 Å². The summed E-state index contributed by atoms with van der Waals surface area (Å²) < 4.78 is 4.61. The number of nitrogens with one attached hydrogen (secondary N) is 1. The minimum atomic E-state index is -0.463. The molecule has 0 spiro atoms. The highest BCUT2D eigenvalue weighted by atomic mass is 16.5. The molecule has 1 saturated heterocycles. The van der Waals surface area contributed by atoms with Gasteiger partial charge in [0, 0.05) is 25.9 Å². The topological polar surface area (TPSA) is 88.3 Å². The quantitative estimate of drug-likeness (QED) is 0.755. The number of nitrogens with zero attached hydrogens (tertiary/aromatic N) is 3. The van der Waals surface area contributed by atoms with Crippen LogP contribution in [-0.4, -0.2) is 46.0 Å². The fraction of sp³-hybridized carbons (Fsp3) is 0.600. The van der Waals surface area contributed by atoms with Crippen LogP contribution in [0.2, 0.25) is 0 Å². The molecule has 1 unspecified atom stereocenters. The van der Waals surface area contributed by atoms with Crippen LogP contribution in [0.15, 0.2) is 10.9 Å². The molecular formula is C10H14N4O3. The molecule has 1 atom stereocenters. The first-order valence-electron chi connectivity index (χ1n) is 5.50. The van der Waals surface area contributed by atoms with Crippen LogP contribution in [0.4, 0.5) is 0 Å². The Morgan fingerprint density at radius 2 is 2.41 bits per heavy atom. The van der Waals surface area contributed by atoms with Gasteiger partial charge in [0.1, 0.15) is 6.04 Å². The lowest BCUT2D eigenvalue weighted by Crippen LogP contribution is -2.43. The summed E-state index contributed by atoms with van der Waals surface area (Å²) in [7, 11) is 0. The largest absolute Gasteiger partial charge is 0.345 e. The Bertz CT molecular complexity index is 404. The van der Waals surface area contributed by atoms with Gasteiger partial charge in [-0.3, -0.25) is 9.59 Å². The fourth-order valence-corrected chi connectivity index (χ4v) is 1.76. The summed E-state index contributed by atoms with van der Waals surface area (Å²) in [5.41, 5.74) is 0. The van der Waals surface area contributed by atoms with Crippen molar-refractivity contribution in [2.45, 2.75) is 25.8 Å². The number of amides is 2. The van der Waals surface area contributed by atoms with Crippen LogP contribution in [0.3, 0.4) is 0 Å². The number of aromatic nitrogens is 2. The highest BCUT2D eigenvalue weighted by Gasteiger charge is 2.26. The van der Waals surface area contributed by atoms with Gasteiger partial charge in [0.15, 0.2) is 5.82 Å². The van der Waals surface area contributed by atoms with Crippen LogP contribution in [0, 0.1) is 0 Å². The summed E-state index contributed by atoms with van der Waals surface area (Å²) in [4.78, 5) is 28.7. The number of rotatable bonds is 3. The Labute approximate surface area is 98.2 Å². The van der Waals surface area contributed by atoms with E-state index in [1.807, 2.05) is 0 Å². The second-order valence-corrected chi connectivity index (χ2v) is 3.96. The van der Waals surface area contributed by atoms with Gasteiger partial charge in [-0.25, -0.2) is 0 Å². The van der Waals surface area contributed by atoms with Crippen molar-refractivity contribution in [2.75, 3.05) is 13.1 Å². The molecule has 2 rings (SSSR count). The maximum Gasteiger partial charge on any atom is 0.244 e. The minimum Gasteiger partial charge on any atom is -0.345 e. The second kappa shape index (κ2) is 4.94. The van der Waals surface area contributed by atoms with Crippen molar-refractivity contribution in [2.24, 2.45) is 0 Å². The first-order chi connectivity index (χ1) is 8.16. The average molecular weight is 238 g/mol. The van der Waals surface area contributed by atoms with Crippen molar-refractivity contribution in [1.29, 1.82) is 0 Å². The second-order valence-electron chi connectivity index (χ2n) is 3.96. The van der Waals surface area contributed by atoms with Crippen LogP contribution >= 0.6 is 0 Å². The van der Waals surface area contributed by atoms with E-state index in [2.05, 4.69) is 20.0 Å². The molecule has 1 fully saturated rings. The van der Waals surface area contributed by atoms with Gasteiger partial charge in [-0.2, -0.15) is 4.98 Å². The average Bonchev–Trinajstić information content (AvgIpc) is 2.77. The van der Waals surface area contributed by atoms with Gasteiger partial charge in [-0.05, 0) is 6.92 Å². The number of carbonyl (C=O) groups is 2. The first-order valence-corrected chi connectivity index (χ1v) is 5.50. The number of carbonyl (C=O) groups excluding carboxylic acids is 2. The van der Waals surface area contributed by atoms with E-state index in [9.17, 15) is 9.59 Å². The zero-order chi connectivity index (χ0) is 12.3. The van der Waals surface area contributed by atoms with Crippen molar-refractivity contribution in [3.05, 3.63) is 12.2 Å². The van der Waals surface area contributed by atoms with Crippen molar-refractivity contribution in [1.82, 2.24) is 20.4 Å². The van der Waals surface area contributed by atoms with E-state index in [-0.39, 0.29) is 11.8 Å². The van der Waals surface area contributed by atoms with Crippen molar-refractivity contribution < 1.29 is 14.1 Å². The Kier molecular flexibility index (Phi) is 3.36. The molecule has 1 aliphatic heterocycles. The Hall–Kier alpha value is -1.92. The summed E-state index contributed by atoms with van der Waals surface area (Å²) in [6.07, 6.45) is 2.12. The molecule has 0 saturated carbocycles. The highest BCUT2D eigenvalue weighted by molar-refractivity contribution is 5.89. The Morgan fingerprint density at radius 3 is 3.12 bits per heavy atom. The van der Waals surface area contributed by atoms with Crippen LogP contribution in [-0.2, 0) is 16.0 Å². The third kappa shape index (κ3) is 2.80. The van der Waals surface area contributed by atoms with Gasteiger partial charge in [0.05, 0.1) is 0 Å². The molecule has 0 aliphatic carbocycles. The lowest BCUT2D eigenvalue weighted by Gasteiger charge is -2.21. The lowest BCUT2D eigenvalue weighted by atomic mass is 10.3. The molecule has 1 aromatic rings. The minimum absolute atomic E-state index is 0.0701. The molecule has 2 heterocycles. The van der Waals surface area contributed by atoms with Crippen molar-refractivity contribution >= 4 is 11.8 Å². The molecule has 1 N–H and O–H groups in total. The first kappa shape index (κ1) is 11.6. The van der Waals surface area contributed by atoms with E-state index in [0.29, 0.717) is 31.8 Å². The fourth-order valence-electron chi connectivity index (χ4n) is 1.76. The summed E-state index contributed by atoms with van der Waals surface area (Å²) in [5.74, 6) is 0.404.